The van der Waals surface area contributed by atoms with Crippen LogP contribution < -0.4 is 0 Å². The van der Waals surface area contributed by atoms with E-state index in [1.54, 1.807) is 4.52 Å². The molecule has 1 aromatic carbocycles. The van der Waals surface area contributed by atoms with Gasteiger partial charge in [0.05, 0.1) is 10.9 Å². The van der Waals surface area contributed by atoms with Gasteiger partial charge in [-0.25, -0.2) is 0 Å². The van der Waals surface area contributed by atoms with Gasteiger partial charge in [0.15, 0.2) is 5.65 Å². The fraction of sp³-hybridized carbons (Fsp3) is 0. The van der Waals surface area contributed by atoms with Crippen molar-refractivity contribution in [1.29, 1.82) is 0 Å². The minimum atomic E-state index is 0.308. The summed E-state index contributed by atoms with van der Waals surface area (Å²) in [4.78, 5) is 2.78. The van der Waals surface area contributed by atoms with E-state index in [2.05, 4.69) is 35.7 Å². The summed E-state index contributed by atoms with van der Waals surface area (Å²) >= 11 is 0. The summed E-state index contributed by atoms with van der Waals surface area (Å²) in [5.74, 6) is 0.308. The lowest BCUT2D eigenvalue weighted by Crippen LogP contribution is -1.91. The average molecular weight is 251 g/mol. The summed E-state index contributed by atoms with van der Waals surface area (Å²) in [6.45, 7) is 0. The second-order valence-electron chi connectivity index (χ2n) is 3.92. The molecule has 0 aliphatic heterocycles. The molecule has 0 amide bonds. The molecule has 0 fully saturated rings. The predicted octanol–water partition coefficient (Wildman–Crippen LogP) is 2.10. The topological polar surface area (TPSA) is 121 Å². The molecule has 9 nitrogen and oxygen atoms in total. The lowest BCUT2D eigenvalue weighted by molar-refractivity contribution is 0.842. The number of hydrogen-bond acceptors (Lipinski definition) is 5. The molecule has 0 aliphatic rings. The molecule has 0 bridgehead atoms. The van der Waals surface area contributed by atoms with Gasteiger partial charge in [0, 0.05) is 10.3 Å². The monoisotopic (exact) mass is 251 g/mol. The van der Waals surface area contributed by atoms with Crippen LogP contribution in [0.15, 0.2) is 29.4 Å². The second-order valence-corrected chi connectivity index (χ2v) is 3.92. The van der Waals surface area contributed by atoms with Crippen LogP contribution in [-0.4, -0.2) is 30.2 Å². The Hall–Kier alpha value is -3.19. The van der Waals surface area contributed by atoms with Gasteiger partial charge in [-0.3, -0.25) is 5.10 Å². The molecular weight excluding hydrogens is 246 g/mol. The zero-order valence-electron chi connectivity index (χ0n) is 9.39. The number of pyridine rings is 1. The number of azide groups is 1. The van der Waals surface area contributed by atoms with Crippen molar-refractivity contribution in [2.75, 3.05) is 0 Å². The Balaban J connectivity index is 2.40. The van der Waals surface area contributed by atoms with E-state index in [-0.39, 0.29) is 0 Å². The second kappa shape index (κ2) is 3.40. The fourth-order valence-electron chi connectivity index (χ4n) is 2.22. The quantitative estimate of drug-likeness (QED) is 0.316. The van der Waals surface area contributed by atoms with Crippen LogP contribution in [0, 0.1) is 0 Å². The zero-order valence-corrected chi connectivity index (χ0v) is 9.39. The highest BCUT2D eigenvalue weighted by atomic mass is 15.5. The minimum Gasteiger partial charge on any atom is -0.275 e. The molecule has 0 saturated heterocycles. The average Bonchev–Trinajstić information content (AvgIpc) is 3.05. The third-order valence-corrected chi connectivity index (χ3v) is 2.97. The molecule has 90 valence electrons. The van der Waals surface area contributed by atoms with E-state index in [0.717, 1.165) is 10.9 Å². The molecule has 4 aromatic rings. The number of tetrazole rings is 1. The van der Waals surface area contributed by atoms with E-state index in [9.17, 15) is 0 Å². The van der Waals surface area contributed by atoms with Crippen molar-refractivity contribution in [2.24, 2.45) is 5.11 Å². The number of aromatic amines is 1. The molecule has 0 spiro atoms. The first-order valence-electron chi connectivity index (χ1n) is 5.42. The van der Waals surface area contributed by atoms with Gasteiger partial charge in [-0.15, -0.1) is 5.10 Å². The number of para-hydroxylation sites is 1. The summed E-state index contributed by atoms with van der Waals surface area (Å²) in [7, 11) is 0. The summed E-state index contributed by atoms with van der Waals surface area (Å²) in [5, 5.41) is 23.6. The van der Waals surface area contributed by atoms with Crippen LogP contribution in [0.5, 0.6) is 0 Å². The summed E-state index contributed by atoms with van der Waals surface area (Å²) < 4.78 is 1.60. The SMILES string of the molecule is [N-]=[N+]=Nc1[nH]nc2c3ccccc3n3nnnc3c12. The number of benzene rings is 1. The van der Waals surface area contributed by atoms with Gasteiger partial charge in [0.2, 0.25) is 0 Å². The Morgan fingerprint density at radius 2 is 2.21 bits per heavy atom. The Morgan fingerprint density at radius 3 is 3.11 bits per heavy atom. The molecule has 0 aliphatic carbocycles. The van der Waals surface area contributed by atoms with E-state index in [1.165, 1.54) is 0 Å². The maximum absolute atomic E-state index is 8.59. The first-order valence-corrected chi connectivity index (χ1v) is 5.42. The van der Waals surface area contributed by atoms with Gasteiger partial charge >= 0.3 is 0 Å². The third-order valence-electron chi connectivity index (χ3n) is 2.97. The number of hydrogen-bond donors (Lipinski definition) is 1. The van der Waals surface area contributed by atoms with Crippen LogP contribution in [0.4, 0.5) is 5.82 Å². The van der Waals surface area contributed by atoms with Crippen LogP contribution in [0.25, 0.3) is 37.9 Å². The van der Waals surface area contributed by atoms with Gasteiger partial charge in [0.1, 0.15) is 11.3 Å². The van der Waals surface area contributed by atoms with Crippen molar-refractivity contribution in [3.8, 4) is 0 Å². The summed E-state index contributed by atoms with van der Waals surface area (Å²) in [5.41, 5.74) is 10.6. The highest BCUT2D eigenvalue weighted by molar-refractivity contribution is 6.12. The number of aromatic nitrogens is 6. The lowest BCUT2D eigenvalue weighted by Gasteiger charge is -2.00. The summed E-state index contributed by atoms with van der Waals surface area (Å²) in [6.07, 6.45) is 0. The maximum atomic E-state index is 8.59. The van der Waals surface area contributed by atoms with E-state index in [1.807, 2.05) is 24.3 Å². The standard InChI is InChI=1S/C10H5N9/c11-16-14-9-7-8(12-13-9)5-3-1-2-4-6(5)19-10(7)15-17-18-19/h1-4H,(H,12,13). The van der Waals surface area contributed by atoms with Gasteiger partial charge in [-0.1, -0.05) is 18.2 Å². The van der Waals surface area contributed by atoms with Crippen molar-refractivity contribution in [2.45, 2.75) is 0 Å². The molecular formula is C10H5N9. The van der Waals surface area contributed by atoms with Crippen molar-refractivity contribution >= 4 is 33.3 Å². The van der Waals surface area contributed by atoms with E-state index in [4.69, 9.17) is 5.53 Å². The highest BCUT2D eigenvalue weighted by Gasteiger charge is 2.16. The Kier molecular flexibility index (Phi) is 1.76. The van der Waals surface area contributed by atoms with E-state index < -0.39 is 0 Å². The minimum absolute atomic E-state index is 0.308. The first kappa shape index (κ1) is 9.80. The zero-order chi connectivity index (χ0) is 12.8. The molecule has 0 radical (unpaired) electrons. The molecule has 0 saturated carbocycles. The molecule has 3 heterocycles. The smallest absolute Gasteiger partial charge is 0.191 e. The molecule has 4 rings (SSSR count). The van der Waals surface area contributed by atoms with Gasteiger partial charge in [-0.05, 0) is 27.1 Å². The first-order chi connectivity index (χ1) is 9.40. The van der Waals surface area contributed by atoms with Crippen molar-refractivity contribution in [3.63, 3.8) is 0 Å². The van der Waals surface area contributed by atoms with Crippen LogP contribution in [-0.2, 0) is 0 Å². The van der Waals surface area contributed by atoms with Crippen molar-refractivity contribution < 1.29 is 0 Å². The predicted molar refractivity (Wildman–Crippen MR) is 66.7 cm³/mol. The Bertz CT molecular complexity index is 973. The van der Waals surface area contributed by atoms with Gasteiger partial charge in [-0.2, -0.15) is 9.61 Å². The number of H-pyrrole nitrogens is 1. The Morgan fingerprint density at radius 1 is 1.32 bits per heavy atom. The third kappa shape index (κ3) is 1.16. The van der Waals surface area contributed by atoms with E-state index in [0.29, 0.717) is 22.4 Å². The van der Waals surface area contributed by atoms with Crippen LogP contribution in [0.2, 0.25) is 0 Å². The van der Waals surface area contributed by atoms with Crippen molar-refractivity contribution in [3.05, 3.63) is 34.7 Å². The number of rotatable bonds is 1. The Labute approximate surface area is 104 Å². The van der Waals surface area contributed by atoms with Crippen molar-refractivity contribution in [1.82, 2.24) is 30.2 Å². The van der Waals surface area contributed by atoms with Gasteiger partial charge < -0.3 is 0 Å². The van der Waals surface area contributed by atoms with Gasteiger partial charge in [0.25, 0.3) is 0 Å². The number of nitrogens with zero attached hydrogens (tertiary/aromatic N) is 8. The highest BCUT2D eigenvalue weighted by Crippen LogP contribution is 2.32. The number of fused-ring (bicyclic) bond motifs is 6. The van der Waals surface area contributed by atoms with E-state index >= 15 is 0 Å². The van der Waals surface area contributed by atoms with Crippen LogP contribution in [0.1, 0.15) is 0 Å². The normalized spacial score (nSPS) is 11.2. The molecule has 3 aromatic heterocycles. The molecule has 19 heavy (non-hydrogen) atoms. The largest absolute Gasteiger partial charge is 0.275 e. The molecule has 0 atom stereocenters. The molecule has 0 unspecified atom stereocenters. The fourth-order valence-corrected chi connectivity index (χ4v) is 2.22. The molecule has 9 heteroatoms. The number of nitrogens with one attached hydrogen (secondary N) is 1. The lowest BCUT2D eigenvalue weighted by atomic mass is 10.1. The maximum Gasteiger partial charge on any atom is 0.191 e. The van der Waals surface area contributed by atoms with Crippen LogP contribution >= 0.6 is 0 Å². The van der Waals surface area contributed by atoms with Crippen LogP contribution in [0.3, 0.4) is 0 Å². The summed E-state index contributed by atoms with van der Waals surface area (Å²) in [6, 6.07) is 7.62. The molecule has 1 N–H and O–H groups in total.